The van der Waals surface area contributed by atoms with Gasteiger partial charge in [-0.2, -0.15) is 0 Å². The lowest BCUT2D eigenvalue weighted by Gasteiger charge is -2.31. The van der Waals surface area contributed by atoms with Crippen LogP contribution in [0.5, 0.6) is 0 Å². The number of anilines is 1. The highest BCUT2D eigenvalue weighted by molar-refractivity contribution is 6.31. The number of esters is 2. The fourth-order valence-corrected chi connectivity index (χ4v) is 3.88. The van der Waals surface area contributed by atoms with Crippen molar-refractivity contribution in [2.24, 2.45) is 0 Å². The zero-order valence-electron chi connectivity index (χ0n) is 18.2. The van der Waals surface area contributed by atoms with Gasteiger partial charge in [0.15, 0.2) is 0 Å². The van der Waals surface area contributed by atoms with Crippen molar-refractivity contribution in [3.63, 3.8) is 0 Å². The number of carboxylic acids is 1. The van der Waals surface area contributed by atoms with Crippen molar-refractivity contribution >= 4 is 46.1 Å². The van der Waals surface area contributed by atoms with E-state index in [0.29, 0.717) is 32.9 Å². The van der Waals surface area contributed by atoms with Crippen LogP contribution in [0.1, 0.15) is 10.4 Å². The molecule has 2 aromatic carbocycles. The predicted octanol–water partition coefficient (Wildman–Crippen LogP) is 3.65. The van der Waals surface area contributed by atoms with Crippen LogP contribution in [0, 0.1) is 0 Å². The molecule has 4 rings (SSSR count). The molecule has 0 unspecified atom stereocenters. The van der Waals surface area contributed by atoms with Crippen LogP contribution in [0.15, 0.2) is 59.8 Å². The molecule has 174 valence electrons. The third kappa shape index (κ3) is 4.30. The van der Waals surface area contributed by atoms with Crippen LogP contribution in [0.25, 0.3) is 22.2 Å². The summed E-state index contributed by atoms with van der Waals surface area (Å²) in [6, 6.07) is 13.2. The van der Waals surface area contributed by atoms with Crippen LogP contribution in [-0.2, 0) is 23.8 Å². The summed E-state index contributed by atoms with van der Waals surface area (Å²) in [4.78, 5) is 42.8. The maximum atomic E-state index is 12.6. The molecule has 2 heterocycles. The van der Waals surface area contributed by atoms with Gasteiger partial charge in [0, 0.05) is 21.7 Å². The third-order valence-corrected chi connectivity index (χ3v) is 5.52. The molecule has 0 spiro atoms. The lowest BCUT2D eigenvalue weighted by molar-refractivity contribution is -0.140. The van der Waals surface area contributed by atoms with E-state index in [1.54, 1.807) is 42.5 Å². The van der Waals surface area contributed by atoms with Gasteiger partial charge in [-0.15, -0.1) is 0 Å². The molecule has 0 aliphatic carbocycles. The number of methoxy groups -OCH3 is 2. The fourth-order valence-electron chi connectivity index (χ4n) is 3.70. The summed E-state index contributed by atoms with van der Waals surface area (Å²) >= 11 is 6.04. The SMILES string of the molecule is COC(=O)C1=C(C(=O)OC)N(c2cccc(-c3cc(C(=O)O)c4cc(Cl)ccc4n3)c2)COC1. The standard InChI is InChI=1S/C24H19ClN2O7/c1-32-23(30)18-11-34-12-27(21(18)24(31)33-2)15-5-3-4-13(8-15)20-10-17(22(28)29)16-9-14(25)6-7-19(16)26-20/h3-10H,11-12H2,1-2H3,(H,28,29). The number of rotatable bonds is 5. The van der Waals surface area contributed by atoms with Gasteiger partial charge in [0.25, 0.3) is 0 Å². The lowest BCUT2D eigenvalue weighted by atomic mass is 10.0. The van der Waals surface area contributed by atoms with Crippen molar-refractivity contribution in [2.45, 2.75) is 0 Å². The first kappa shape index (κ1) is 23.2. The molecule has 0 fully saturated rings. The molecule has 0 saturated heterocycles. The summed E-state index contributed by atoms with van der Waals surface area (Å²) in [5, 5.41) is 10.6. The van der Waals surface area contributed by atoms with E-state index in [0.717, 1.165) is 0 Å². The molecule has 9 nitrogen and oxygen atoms in total. The molecule has 1 aliphatic rings. The number of carboxylic acid groups (broad SMARTS) is 1. The van der Waals surface area contributed by atoms with Gasteiger partial charge in [-0.25, -0.2) is 19.4 Å². The van der Waals surface area contributed by atoms with Crippen LogP contribution in [0.3, 0.4) is 0 Å². The third-order valence-electron chi connectivity index (χ3n) is 5.29. The molecular weight excluding hydrogens is 464 g/mol. The number of benzene rings is 2. The van der Waals surface area contributed by atoms with E-state index in [2.05, 4.69) is 4.98 Å². The van der Waals surface area contributed by atoms with Crippen molar-refractivity contribution in [3.8, 4) is 11.3 Å². The second-order valence-electron chi connectivity index (χ2n) is 7.29. The van der Waals surface area contributed by atoms with Gasteiger partial charge >= 0.3 is 17.9 Å². The second kappa shape index (κ2) is 9.50. The molecule has 10 heteroatoms. The molecule has 1 aliphatic heterocycles. The van der Waals surface area contributed by atoms with Crippen molar-refractivity contribution in [2.75, 3.05) is 32.5 Å². The number of carbonyl (C=O) groups is 3. The van der Waals surface area contributed by atoms with Crippen molar-refractivity contribution in [1.29, 1.82) is 0 Å². The van der Waals surface area contributed by atoms with Gasteiger partial charge in [0.05, 0.1) is 43.2 Å². The number of hydrogen-bond acceptors (Lipinski definition) is 8. The number of nitrogens with zero attached hydrogens (tertiary/aromatic N) is 2. The monoisotopic (exact) mass is 482 g/mol. The Bertz CT molecular complexity index is 1350. The molecule has 0 amide bonds. The molecule has 1 N–H and O–H groups in total. The number of halogens is 1. The van der Waals surface area contributed by atoms with Gasteiger partial charge in [-0.3, -0.25) is 0 Å². The zero-order valence-corrected chi connectivity index (χ0v) is 19.0. The van der Waals surface area contributed by atoms with Gasteiger partial charge < -0.3 is 24.2 Å². The maximum absolute atomic E-state index is 12.6. The first-order chi connectivity index (χ1) is 16.3. The van der Waals surface area contributed by atoms with Crippen LogP contribution in [0.4, 0.5) is 5.69 Å². The lowest BCUT2D eigenvalue weighted by Crippen LogP contribution is -2.38. The number of ether oxygens (including phenoxy) is 3. The summed E-state index contributed by atoms with van der Waals surface area (Å²) in [5.41, 5.74) is 2.06. The van der Waals surface area contributed by atoms with E-state index in [9.17, 15) is 19.5 Å². The molecule has 0 radical (unpaired) electrons. The summed E-state index contributed by atoms with van der Waals surface area (Å²) in [6.07, 6.45) is 0. The van der Waals surface area contributed by atoms with Crippen LogP contribution >= 0.6 is 11.6 Å². The largest absolute Gasteiger partial charge is 0.478 e. The first-order valence-electron chi connectivity index (χ1n) is 10.0. The normalized spacial score (nSPS) is 13.7. The van der Waals surface area contributed by atoms with E-state index in [1.807, 2.05) is 0 Å². The summed E-state index contributed by atoms with van der Waals surface area (Å²) in [6.45, 7) is -0.123. The second-order valence-corrected chi connectivity index (χ2v) is 7.72. The van der Waals surface area contributed by atoms with Crippen LogP contribution in [0.2, 0.25) is 5.02 Å². The molecule has 34 heavy (non-hydrogen) atoms. The minimum atomic E-state index is -1.12. The topological polar surface area (TPSA) is 115 Å². The predicted molar refractivity (Wildman–Crippen MR) is 124 cm³/mol. The van der Waals surface area contributed by atoms with E-state index >= 15 is 0 Å². The first-order valence-corrected chi connectivity index (χ1v) is 10.4. The van der Waals surface area contributed by atoms with E-state index in [4.69, 9.17) is 25.8 Å². The Hall–Kier alpha value is -3.95. The quantitative estimate of drug-likeness (QED) is 0.544. The molecule has 1 aromatic heterocycles. The van der Waals surface area contributed by atoms with E-state index in [1.165, 1.54) is 25.2 Å². The number of aromatic carboxylic acids is 1. The summed E-state index contributed by atoms with van der Waals surface area (Å²) in [7, 11) is 2.43. The fraction of sp³-hybridized carbons (Fsp3) is 0.167. The molecule has 0 atom stereocenters. The molecule has 0 bridgehead atoms. The number of fused-ring (bicyclic) bond motifs is 1. The zero-order chi connectivity index (χ0) is 24.4. The van der Waals surface area contributed by atoms with Gasteiger partial charge in [-0.05, 0) is 36.4 Å². The Morgan fingerprint density at radius 1 is 1.06 bits per heavy atom. The maximum Gasteiger partial charge on any atom is 0.355 e. The average Bonchev–Trinajstić information content (AvgIpc) is 2.86. The van der Waals surface area contributed by atoms with Crippen molar-refractivity contribution < 1.29 is 33.7 Å². The van der Waals surface area contributed by atoms with Gasteiger partial charge in [0.2, 0.25) is 0 Å². The summed E-state index contributed by atoms with van der Waals surface area (Å²) < 4.78 is 15.2. The highest BCUT2D eigenvalue weighted by Gasteiger charge is 2.32. The Labute approximate surface area is 199 Å². The van der Waals surface area contributed by atoms with Crippen molar-refractivity contribution in [1.82, 2.24) is 4.98 Å². The number of aromatic nitrogens is 1. The average molecular weight is 483 g/mol. The Morgan fingerprint density at radius 2 is 1.82 bits per heavy atom. The number of carbonyl (C=O) groups excluding carboxylic acids is 2. The number of hydrogen-bond donors (Lipinski definition) is 1. The Morgan fingerprint density at radius 3 is 2.53 bits per heavy atom. The van der Waals surface area contributed by atoms with E-state index in [-0.39, 0.29) is 30.2 Å². The van der Waals surface area contributed by atoms with Gasteiger partial charge in [-0.1, -0.05) is 23.7 Å². The molecule has 0 saturated carbocycles. The van der Waals surface area contributed by atoms with Crippen molar-refractivity contribution in [3.05, 3.63) is 70.4 Å². The minimum Gasteiger partial charge on any atom is -0.478 e. The van der Waals surface area contributed by atoms with Gasteiger partial charge in [0.1, 0.15) is 12.4 Å². The smallest absolute Gasteiger partial charge is 0.355 e. The highest BCUT2D eigenvalue weighted by Crippen LogP contribution is 2.32. The highest BCUT2D eigenvalue weighted by atomic mass is 35.5. The minimum absolute atomic E-state index is 0.00471. The molecule has 3 aromatic rings. The summed E-state index contributed by atoms with van der Waals surface area (Å²) in [5.74, 6) is -2.54. The Kier molecular flexibility index (Phi) is 6.49. The van der Waals surface area contributed by atoms with Crippen LogP contribution in [-0.4, -0.2) is 55.6 Å². The van der Waals surface area contributed by atoms with E-state index < -0.39 is 17.9 Å². The van der Waals surface area contributed by atoms with Crippen LogP contribution < -0.4 is 4.90 Å². The molecular formula is C24H19ClN2O7. The number of pyridine rings is 1. The Balaban J connectivity index is 1.84.